The molecule has 3 N–H and O–H groups in total. The molecule has 16 heavy (non-hydrogen) atoms. The topological polar surface area (TPSA) is 73.2 Å². The first-order chi connectivity index (χ1) is 7.60. The van der Waals surface area contributed by atoms with Gasteiger partial charge in [-0.15, -0.1) is 0 Å². The monoisotopic (exact) mass is 239 g/mol. The van der Waals surface area contributed by atoms with E-state index < -0.39 is 0 Å². The second kappa shape index (κ2) is 24.2. The minimum atomic E-state index is 0.122. The lowest BCUT2D eigenvalue weighted by atomic mass is 10.4. The van der Waals surface area contributed by atoms with Crippen LogP contribution in [0.3, 0.4) is 0 Å². The summed E-state index contributed by atoms with van der Waals surface area (Å²) in [4.78, 5) is 1.93. The highest BCUT2D eigenvalue weighted by Crippen LogP contribution is 1.78. The standard InChI is InChI=1S/C4H11NO.C4H10O.C3H8O2/c1-5(2)3-4-6;1-2-3-4-5;1-5-3-2-4/h6H,3-4H2,1-2H3;5H,2-4H2,1H3;4H,2-3H2,1H3. The summed E-state index contributed by atoms with van der Waals surface area (Å²) in [6.07, 6.45) is 2.04. The predicted molar refractivity (Wildman–Crippen MR) is 66.6 cm³/mol. The second-order valence-corrected chi connectivity index (χ2v) is 3.32. The summed E-state index contributed by atoms with van der Waals surface area (Å²) in [5, 5.41) is 24.2. The minimum absolute atomic E-state index is 0.122. The molecule has 0 saturated heterocycles. The summed E-state index contributed by atoms with van der Waals surface area (Å²) < 4.78 is 4.44. The average Bonchev–Trinajstić information content (AvgIpc) is 2.21. The Hall–Kier alpha value is -0.200. The molecule has 0 aromatic rings. The molecule has 0 aliphatic carbocycles. The Labute approximate surface area is 99.7 Å². The van der Waals surface area contributed by atoms with Gasteiger partial charge in [0.25, 0.3) is 0 Å². The zero-order chi connectivity index (χ0) is 13.2. The number of hydrogen-bond donors (Lipinski definition) is 3. The summed E-state index contributed by atoms with van der Waals surface area (Å²) in [5.74, 6) is 0. The molecule has 0 fully saturated rings. The Morgan fingerprint density at radius 3 is 1.56 bits per heavy atom. The van der Waals surface area contributed by atoms with Crippen molar-refractivity contribution in [3.63, 3.8) is 0 Å². The van der Waals surface area contributed by atoms with Gasteiger partial charge in [0.15, 0.2) is 0 Å². The first-order valence-corrected chi connectivity index (χ1v) is 5.56. The molecule has 0 aromatic carbocycles. The number of likely N-dealkylation sites (N-methyl/N-ethyl adjacent to an activating group) is 1. The predicted octanol–water partition coefficient (Wildman–Crippen LogP) is -0.0558. The molecular formula is C11H29NO4. The van der Waals surface area contributed by atoms with E-state index in [9.17, 15) is 0 Å². The molecule has 0 rings (SSSR count). The first kappa shape index (κ1) is 21.1. The van der Waals surface area contributed by atoms with Crippen LogP contribution in [0.4, 0.5) is 0 Å². The van der Waals surface area contributed by atoms with E-state index in [4.69, 9.17) is 15.3 Å². The molecule has 0 atom stereocenters. The van der Waals surface area contributed by atoms with Crippen LogP contribution < -0.4 is 0 Å². The zero-order valence-electron chi connectivity index (χ0n) is 11.1. The highest BCUT2D eigenvalue weighted by Gasteiger charge is 1.80. The molecule has 5 heteroatoms. The lowest BCUT2D eigenvalue weighted by molar-refractivity contribution is 0.135. The quantitative estimate of drug-likeness (QED) is 0.606. The molecule has 0 saturated carbocycles. The molecular weight excluding hydrogens is 210 g/mol. The number of unbranched alkanes of at least 4 members (excludes halogenated alkanes) is 1. The number of hydrogen-bond acceptors (Lipinski definition) is 5. The van der Waals surface area contributed by atoms with Gasteiger partial charge in [0.05, 0.1) is 19.8 Å². The third-order valence-corrected chi connectivity index (χ3v) is 1.35. The second-order valence-electron chi connectivity index (χ2n) is 3.32. The van der Waals surface area contributed by atoms with Gasteiger partial charge in [0.1, 0.15) is 0 Å². The largest absolute Gasteiger partial charge is 0.396 e. The van der Waals surface area contributed by atoms with Crippen LogP contribution in [0.1, 0.15) is 19.8 Å². The summed E-state index contributed by atoms with van der Waals surface area (Å²) in [5.41, 5.74) is 0. The molecule has 0 unspecified atom stereocenters. The lowest BCUT2D eigenvalue weighted by Crippen LogP contribution is -2.15. The van der Waals surface area contributed by atoms with E-state index in [1.54, 1.807) is 7.11 Å². The van der Waals surface area contributed by atoms with Gasteiger partial charge in [0, 0.05) is 20.3 Å². The Morgan fingerprint density at radius 2 is 1.56 bits per heavy atom. The molecule has 5 nitrogen and oxygen atoms in total. The molecule has 0 bridgehead atoms. The fraction of sp³-hybridized carbons (Fsp3) is 1.00. The fourth-order valence-electron chi connectivity index (χ4n) is 0.449. The minimum Gasteiger partial charge on any atom is -0.396 e. The Balaban J connectivity index is -0.000000160. The van der Waals surface area contributed by atoms with Crippen LogP contribution in [0, 0.1) is 0 Å². The summed E-state index contributed by atoms with van der Waals surface area (Å²) in [6, 6.07) is 0. The van der Waals surface area contributed by atoms with Crippen molar-refractivity contribution in [1.29, 1.82) is 0 Å². The van der Waals surface area contributed by atoms with Crippen molar-refractivity contribution in [2.75, 3.05) is 54.2 Å². The molecule has 0 aromatic heterocycles. The van der Waals surface area contributed by atoms with Gasteiger partial charge in [-0.05, 0) is 20.5 Å². The van der Waals surface area contributed by atoms with Crippen LogP contribution in [0.25, 0.3) is 0 Å². The SMILES string of the molecule is CCCCO.CN(C)CCO.COCCO. The van der Waals surface area contributed by atoms with Gasteiger partial charge in [-0.1, -0.05) is 13.3 Å². The van der Waals surface area contributed by atoms with E-state index in [0.29, 0.717) is 13.2 Å². The smallest absolute Gasteiger partial charge is 0.0693 e. The van der Waals surface area contributed by atoms with E-state index >= 15 is 0 Å². The molecule has 0 heterocycles. The van der Waals surface area contributed by atoms with Gasteiger partial charge < -0.3 is 25.0 Å². The van der Waals surface area contributed by atoms with Gasteiger partial charge in [-0.25, -0.2) is 0 Å². The molecule has 0 amide bonds. The molecule has 0 aliphatic heterocycles. The number of nitrogens with zero attached hydrogens (tertiary/aromatic N) is 1. The number of aliphatic hydroxyl groups excluding tert-OH is 3. The normalized spacial score (nSPS) is 9.00. The highest BCUT2D eigenvalue weighted by atomic mass is 16.5. The maximum atomic E-state index is 8.20. The van der Waals surface area contributed by atoms with Gasteiger partial charge in [-0.3, -0.25) is 0 Å². The molecule has 0 aliphatic rings. The van der Waals surface area contributed by atoms with Gasteiger partial charge in [0.2, 0.25) is 0 Å². The van der Waals surface area contributed by atoms with Crippen molar-refractivity contribution in [2.24, 2.45) is 0 Å². The van der Waals surface area contributed by atoms with Crippen LogP contribution in [0.5, 0.6) is 0 Å². The van der Waals surface area contributed by atoms with E-state index in [1.165, 1.54) is 0 Å². The molecule has 0 radical (unpaired) electrons. The number of rotatable bonds is 6. The maximum Gasteiger partial charge on any atom is 0.0693 e. The van der Waals surface area contributed by atoms with Crippen LogP contribution in [0.2, 0.25) is 0 Å². The Bertz CT molecular complexity index is 82.1. The number of aliphatic hydroxyl groups is 3. The van der Waals surface area contributed by atoms with E-state index in [2.05, 4.69) is 11.7 Å². The summed E-state index contributed by atoms with van der Waals surface area (Å²) >= 11 is 0. The molecule has 102 valence electrons. The maximum absolute atomic E-state index is 8.20. The Morgan fingerprint density at radius 1 is 1.00 bits per heavy atom. The van der Waals surface area contributed by atoms with Gasteiger partial charge >= 0.3 is 0 Å². The van der Waals surface area contributed by atoms with Crippen LogP contribution >= 0.6 is 0 Å². The highest BCUT2D eigenvalue weighted by molar-refractivity contribution is 4.34. The van der Waals surface area contributed by atoms with Gasteiger partial charge in [-0.2, -0.15) is 0 Å². The van der Waals surface area contributed by atoms with Crippen molar-refractivity contribution in [3.05, 3.63) is 0 Å². The first-order valence-electron chi connectivity index (χ1n) is 5.56. The average molecular weight is 239 g/mol. The van der Waals surface area contributed by atoms with E-state index in [-0.39, 0.29) is 13.2 Å². The number of methoxy groups -OCH3 is 1. The lowest BCUT2D eigenvalue weighted by Gasteiger charge is -2.03. The van der Waals surface area contributed by atoms with Crippen LogP contribution in [-0.4, -0.2) is 74.4 Å². The third kappa shape index (κ3) is 48.9. The van der Waals surface area contributed by atoms with E-state index in [1.807, 2.05) is 19.0 Å². The molecule has 0 spiro atoms. The van der Waals surface area contributed by atoms with Crippen molar-refractivity contribution in [2.45, 2.75) is 19.8 Å². The zero-order valence-corrected chi connectivity index (χ0v) is 11.1. The van der Waals surface area contributed by atoms with Crippen molar-refractivity contribution >= 4 is 0 Å². The summed E-state index contributed by atoms with van der Waals surface area (Å²) in [7, 11) is 5.41. The third-order valence-electron chi connectivity index (χ3n) is 1.35. The Kier molecular flexibility index (Phi) is 31.9. The van der Waals surface area contributed by atoms with Crippen LogP contribution in [0.15, 0.2) is 0 Å². The van der Waals surface area contributed by atoms with Crippen LogP contribution in [-0.2, 0) is 4.74 Å². The fourth-order valence-corrected chi connectivity index (χ4v) is 0.449. The van der Waals surface area contributed by atoms with Crippen molar-refractivity contribution in [3.8, 4) is 0 Å². The summed E-state index contributed by atoms with van der Waals surface area (Å²) in [6.45, 7) is 3.98. The van der Waals surface area contributed by atoms with Crippen molar-refractivity contribution < 1.29 is 20.1 Å². The van der Waals surface area contributed by atoms with Crippen molar-refractivity contribution in [1.82, 2.24) is 4.90 Å². The van der Waals surface area contributed by atoms with E-state index in [0.717, 1.165) is 19.4 Å². The number of ether oxygens (including phenoxy) is 1.